The first kappa shape index (κ1) is 11.1. The first-order chi connectivity index (χ1) is 7.17. The van der Waals surface area contributed by atoms with E-state index >= 15 is 0 Å². The topological polar surface area (TPSA) is 70.3 Å². The summed E-state index contributed by atoms with van der Waals surface area (Å²) >= 11 is 0. The van der Waals surface area contributed by atoms with E-state index in [-0.39, 0.29) is 6.42 Å². The van der Waals surface area contributed by atoms with Crippen molar-refractivity contribution >= 4 is 5.97 Å². The van der Waals surface area contributed by atoms with Crippen molar-refractivity contribution in [2.24, 2.45) is 0 Å². The fraction of sp³-hybridized carbons (Fsp3) is 0.273. The van der Waals surface area contributed by atoms with Crippen LogP contribution in [0.2, 0.25) is 0 Å². The minimum atomic E-state index is -0.902. The highest BCUT2D eigenvalue weighted by Crippen LogP contribution is 2.21. The Labute approximate surface area is 87.7 Å². The van der Waals surface area contributed by atoms with Gasteiger partial charge in [-0.25, -0.2) is 0 Å². The maximum Gasteiger partial charge on any atom is 0.307 e. The fourth-order valence-electron chi connectivity index (χ4n) is 1.30. The summed E-state index contributed by atoms with van der Waals surface area (Å²) < 4.78 is 5.06. The average Bonchev–Trinajstić information content (AvgIpc) is 2.20. The van der Waals surface area contributed by atoms with Crippen molar-refractivity contribution in [3.63, 3.8) is 0 Å². The molecule has 0 heterocycles. The Hall–Kier alpha value is -2.02. The third-order valence-electron chi connectivity index (χ3n) is 1.98. The van der Waals surface area contributed by atoms with Gasteiger partial charge in [0.05, 0.1) is 26.0 Å². The van der Waals surface area contributed by atoms with E-state index in [9.17, 15) is 4.79 Å². The normalized spacial score (nSPS) is 9.33. The highest BCUT2D eigenvalue weighted by atomic mass is 16.5. The van der Waals surface area contributed by atoms with Crippen LogP contribution in [0.5, 0.6) is 5.75 Å². The molecule has 1 N–H and O–H groups in total. The van der Waals surface area contributed by atoms with Gasteiger partial charge in [-0.05, 0) is 11.6 Å². The van der Waals surface area contributed by atoms with Crippen LogP contribution in [0.15, 0.2) is 18.2 Å². The highest BCUT2D eigenvalue weighted by Gasteiger charge is 2.07. The predicted molar refractivity (Wildman–Crippen MR) is 53.7 cm³/mol. The van der Waals surface area contributed by atoms with Crippen molar-refractivity contribution in [3.05, 3.63) is 29.3 Å². The molecular formula is C11H11NO3. The van der Waals surface area contributed by atoms with Gasteiger partial charge < -0.3 is 9.84 Å². The highest BCUT2D eigenvalue weighted by molar-refractivity contribution is 5.71. The van der Waals surface area contributed by atoms with Crippen molar-refractivity contribution in [2.75, 3.05) is 7.11 Å². The molecule has 15 heavy (non-hydrogen) atoms. The summed E-state index contributed by atoms with van der Waals surface area (Å²) in [5, 5.41) is 17.2. The number of carbonyl (C=O) groups is 1. The van der Waals surface area contributed by atoms with Gasteiger partial charge in [0, 0.05) is 5.56 Å². The number of methoxy groups -OCH3 is 1. The van der Waals surface area contributed by atoms with E-state index in [4.69, 9.17) is 15.1 Å². The van der Waals surface area contributed by atoms with E-state index in [1.54, 1.807) is 18.2 Å². The molecule has 0 aliphatic rings. The van der Waals surface area contributed by atoms with Gasteiger partial charge in [0.2, 0.25) is 0 Å². The number of nitriles is 1. The number of ether oxygens (including phenoxy) is 1. The van der Waals surface area contributed by atoms with Crippen LogP contribution in [0.3, 0.4) is 0 Å². The molecule has 0 bridgehead atoms. The Morgan fingerprint density at radius 3 is 2.87 bits per heavy atom. The van der Waals surface area contributed by atoms with Crippen molar-refractivity contribution in [3.8, 4) is 11.8 Å². The summed E-state index contributed by atoms with van der Waals surface area (Å²) in [6.07, 6.45) is 0.222. The smallest absolute Gasteiger partial charge is 0.307 e. The van der Waals surface area contributed by atoms with E-state index in [0.717, 1.165) is 5.56 Å². The lowest BCUT2D eigenvalue weighted by atomic mass is 10.1. The Morgan fingerprint density at radius 1 is 1.60 bits per heavy atom. The molecule has 0 fully saturated rings. The zero-order valence-electron chi connectivity index (χ0n) is 8.36. The third kappa shape index (κ3) is 2.99. The monoisotopic (exact) mass is 205 g/mol. The molecule has 4 nitrogen and oxygen atoms in total. The number of nitrogens with zero attached hydrogens (tertiary/aromatic N) is 1. The minimum absolute atomic E-state index is 0.0734. The molecule has 0 saturated heterocycles. The number of hydrogen-bond acceptors (Lipinski definition) is 3. The number of carboxylic acid groups (broad SMARTS) is 1. The SMILES string of the molecule is COc1cc(CC#N)ccc1CC(=O)O. The second kappa shape index (κ2) is 5.01. The Kier molecular flexibility index (Phi) is 3.69. The summed E-state index contributed by atoms with van der Waals surface area (Å²) in [6.45, 7) is 0. The van der Waals surface area contributed by atoms with Gasteiger partial charge in [0.25, 0.3) is 0 Å². The molecule has 0 radical (unpaired) electrons. The Balaban J connectivity index is 2.99. The maximum atomic E-state index is 10.5. The van der Waals surface area contributed by atoms with E-state index < -0.39 is 5.97 Å². The lowest BCUT2D eigenvalue weighted by Crippen LogP contribution is -2.02. The zero-order chi connectivity index (χ0) is 11.3. The fourth-order valence-corrected chi connectivity index (χ4v) is 1.30. The zero-order valence-corrected chi connectivity index (χ0v) is 8.36. The summed E-state index contributed by atoms with van der Waals surface area (Å²) in [5.74, 6) is -0.383. The van der Waals surface area contributed by atoms with Crippen LogP contribution in [0.4, 0.5) is 0 Å². The van der Waals surface area contributed by atoms with Crippen LogP contribution >= 0.6 is 0 Å². The maximum absolute atomic E-state index is 10.5. The van der Waals surface area contributed by atoms with Crippen LogP contribution in [0.1, 0.15) is 11.1 Å². The average molecular weight is 205 g/mol. The van der Waals surface area contributed by atoms with Crippen LogP contribution in [-0.4, -0.2) is 18.2 Å². The first-order valence-corrected chi connectivity index (χ1v) is 4.42. The number of hydrogen-bond donors (Lipinski definition) is 1. The Morgan fingerprint density at radius 2 is 2.33 bits per heavy atom. The number of benzene rings is 1. The molecule has 0 saturated carbocycles. The molecule has 0 spiro atoms. The van der Waals surface area contributed by atoms with Crippen molar-refractivity contribution in [1.82, 2.24) is 0 Å². The molecule has 4 heteroatoms. The van der Waals surface area contributed by atoms with Gasteiger partial charge in [0.15, 0.2) is 0 Å². The van der Waals surface area contributed by atoms with E-state index in [0.29, 0.717) is 17.7 Å². The molecular weight excluding hydrogens is 194 g/mol. The van der Waals surface area contributed by atoms with E-state index in [1.807, 2.05) is 6.07 Å². The van der Waals surface area contributed by atoms with Gasteiger partial charge in [-0.2, -0.15) is 5.26 Å². The Bertz CT molecular complexity index is 407. The van der Waals surface area contributed by atoms with Crippen molar-refractivity contribution < 1.29 is 14.6 Å². The van der Waals surface area contributed by atoms with Gasteiger partial charge in [-0.1, -0.05) is 12.1 Å². The molecule has 0 unspecified atom stereocenters. The summed E-state index contributed by atoms with van der Waals surface area (Å²) in [5.41, 5.74) is 1.44. The van der Waals surface area contributed by atoms with Gasteiger partial charge in [0.1, 0.15) is 5.75 Å². The summed E-state index contributed by atoms with van der Waals surface area (Å²) in [4.78, 5) is 10.5. The lowest BCUT2D eigenvalue weighted by Gasteiger charge is -2.07. The second-order valence-corrected chi connectivity index (χ2v) is 3.05. The van der Waals surface area contributed by atoms with Crippen LogP contribution in [-0.2, 0) is 17.6 Å². The van der Waals surface area contributed by atoms with Gasteiger partial charge in [-0.15, -0.1) is 0 Å². The van der Waals surface area contributed by atoms with E-state index in [1.165, 1.54) is 7.11 Å². The van der Waals surface area contributed by atoms with Crippen LogP contribution in [0, 0.1) is 11.3 Å². The van der Waals surface area contributed by atoms with Crippen LogP contribution < -0.4 is 4.74 Å². The standard InChI is InChI=1S/C11H11NO3/c1-15-10-6-8(4-5-12)2-3-9(10)7-11(13)14/h2-3,6H,4,7H2,1H3,(H,13,14). The van der Waals surface area contributed by atoms with E-state index in [2.05, 4.69) is 0 Å². The summed E-state index contributed by atoms with van der Waals surface area (Å²) in [7, 11) is 1.48. The predicted octanol–water partition coefficient (Wildman–Crippen LogP) is 1.39. The molecule has 0 aliphatic heterocycles. The number of rotatable bonds is 4. The molecule has 0 aliphatic carbocycles. The van der Waals surface area contributed by atoms with Gasteiger partial charge in [-0.3, -0.25) is 4.79 Å². The molecule has 0 atom stereocenters. The third-order valence-corrected chi connectivity index (χ3v) is 1.98. The van der Waals surface area contributed by atoms with Crippen LogP contribution in [0.25, 0.3) is 0 Å². The quantitative estimate of drug-likeness (QED) is 0.806. The molecule has 0 aromatic heterocycles. The number of aliphatic carboxylic acids is 1. The molecule has 0 amide bonds. The van der Waals surface area contributed by atoms with Gasteiger partial charge >= 0.3 is 5.97 Å². The molecule has 1 rings (SSSR count). The first-order valence-electron chi connectivity index (χ1n) is 4.42. The number of carboxylic acids is 1. The molecule has 78 valence electrons. The lowest BCUT2D eigenvalue weighted by molar-refractivity contribution is -0.136. The largest absolute Gasteiger partial charge is 0.496 e. The minimum Gasteiger partial charge on any atom is -0.496 e. The summed E-state index contributed by atoms with van der Waals surface area (Å²) in [6, 6.07) is 7.14. The second-order valence-electron chi connectivity index (χ2n) is 3.05. The molecule has 1 aromatic carbocycles. The van der Waals surface area contributed by atoms with Crippen molar-refractivity contribution in [1.29, 1.82) is 5.26 Å². The molecule has 1 aromatic rings. The van der Waals surface area contributed by atoms with Crippen molar-refractivity contribution in [2.45, 2.75) is 12.8 Å².